The van der Waals surface area contributed by atoms with Crippen molar-refractivity contribution in [1.82, 2.24) is 0 Å². The summed E-state index contributed by atoms with van der Waals surface area (Å²) in [5.74, 6) is 0.889. The highest BCUT2D eigenvalue weighted by molar-refractivity contribution is 9.10. The second kappa shape index (κ2) is 6.12. The fourth-order valence-corrected chi connectivity index (χ4v) is 2.93. The lowest BCUT2D eigenvalue weighted by molar-refractivity contribution is 0.0222. The topological polar surface area (TPSA) is 44.5 Å². The second-order valence-electron chi connectivity index (χ2n) is 5.16. The van der Waals surface area contributed by atoms with Crippen molar-refractivity contribution in [3.8, 4) is 5.75 Å². The number of rotatable bonds is 4. The van der Waals surface area contributed by atoms with Gasteiger partial charge in [0, 0.05) is 11.0 Å². The first-order valence-corrected chi connectivity index (χ1v) is 7.71. The Morgan fingerprint density at radius 3 is 2.65 bits per heavy atom. The van der Waals surface area contributed by atoms with Gasteiger partial charge in [-0.15, -0.1) is 0 Å². The SMILES string of the molecule is NCC1CCC(COc2ccc3cc(Br)ccc3c2)O1. The standard InChI is InChI=1S/C16H18BrNO2/c17-13-3-1-12-8-14(4-2-11(12)7-13)19-10-16-6-5-15(9-18)20-16/h1-4,7-8,15-16H,5-6,9-10,18H2. The summed E-state index contributed by atoms with van der Waals surface area (Å²) in [4.78, 5) is 0. The van der Waals surface area contributed by atoms with E-state index < -0.39 is 0 Å². The molecule has 2 aromatic rings. The minimum Gasteiger partial charge on any atom is -0.491 e. The second-order valence-corrected chi connectivity index (χ2v) is 6.07. The fourth-order valence-electron chi connectivity index (χ4n) is 2.55. The first-order chi connectivity index (χ1) is 9.74. The van der Waals surface area contributed by atoms with Gasteiger partial charge in [0.15, 0.2) is 0 Å². The van der Waals surface area contributed by atoms with Gasteiger partial charge in [-0.2, -0.15) is 0 Å². The molecule has 1 aliphatic heterocycles. The van der Waals surface area contributed by atoms with Crippen LogP contribution < -0.4 is 10.5 Å². The zero-order valence-corrected chi connectivity index (χ0v) is 12.8. The van der Waals surface area contributed by atoms with Crippen molar-refractivity contribution in [3.63, 3.8) is 0 Å². The lowest BCUT2D eigenvalue weighted by Crippen LogP contribution is -2.23. The van der Waals surface area contributed by atoms with Crippen LogP contribution in [0.1, 0.15) is 12.8 Å². The molecule has 0 aromatic heterocycles. The van der Waals surface area contributed by atoms with E-state index in [0.29, 0.717) is 13.2 Å². The van der Waals surface area contributed by atoms with E-state index in [2.05, 4.69) is 40.2 Å². The predicted molar refractivity (Wildman–Crippen MR) is 84.1 cm³/mol. The summed E-state index contributed by atoms with van der Waals surface area (Å²) < 4.78 is 12.7. The predicted octanol–water partition coefficient (Wildman–Crippen LogP) is 3.49. The van der Waals surface area contributed by atoms with Crippen molar-refractivity contribution >= 4 is 26.7 Å². The third-order valence-corrected chi connectivity index (χ3v) is 4.16. The van der Waals surface area contributed by atoms with Gasteiger partial charge in [-0.05, 0) is 47.9 Å². The molecule has 1 heterocycles. The van der Waals surface area contributed by atoms with E-state index in [4.69, 9.17) is 15.2 Å². The number of nitrogens with two attached hydrogens (primary N) is 1. The maximum Gasteiger partial charge on any atom is 0.120 e. The zero-order valence-electron chi connectivity index (χ0n) is 11.2. The minimum atomic E-state index is 0.171. The van der Waals surface area contributed by atoms with Crippen LogP contribution in [0.5, 0.6) is 5.75 Å². The van der Waals surface area contributed by atoms with Gasteiger partial charge in [-0.25, -0.2) is 0 Å². The number of benzene rings is 2. The van der Waals surface area contributed by atoms with Gasteiger partial charge in [0.2, 0.25) is 0 Å². The average molecular weight is 336 g/mol. The van der Waals surface area contributed by atoms with E-state index in [1.807, 2.05) is 12.1 Å². The molecule has 2 atom stereocenters. The molecule has 0 amide bonds. The number of halogens is 1. The van der Waals surface area contributed by atoms with E-state index in [1.165, 1.54) is 10.8 Å². The lowest BCUT2D eigenvalue weighted by Gasteiger charge is -2.14. The maximum atomic E-state index is 5.84. The Kier molecular flexibility index (Phi) is 4.24. The molecule has 1 fully saturated rings. The van der Waals surface area contributed by atoms with Crippen molar-refractivity contribution in [2.24, 2.45) is 5.73 Å². The molecule has 0 spiro atoms. The van der Waals surface area contributed by atoms with Gasteiger partial charge in [-0.3, -0.25) is 0 Å². The van der Waals surface area contributed by atoms with Crippen LogP contribution in [0.4, 0.5) is 0 Å². The van der Waals surface area contributed by atoms with Gasteiger partial charge >= 0.3 is 0 Å². The normalized spacial score (nSPS) is 22.3. The average Bonchev–Trinajstić information content (AvgIpc) is 2.93. The highest BCUT2D eigenvalue weighted by Gasteiger charge is 2.24. The Morgan fingerprint density at radius 2 is 1.85 bits per heavy atom. The highest BCUT2D eigenvalue weighted by Crippen LogP contribution is 2.25. The van der Waals surface area contributed by atoms with Crippen molar-refractivity contribution in [1.29, 1.82) is 0 Å². The van der Waals surface area contributed by atoms with Crippen molar-refractivity contribution in [3.05, 3.63) is 40.9 Å². The first-order valence-electron chi connectivity index (χ1n) is 6.92. The minimum absolute atomic E-state index is 0.171. The Hall–Kier alpha value is -1.10. The van der Waals surface area contributed by atoms with Crippen LogP contribution >= 0.6 is 15.9 Å². The van der Waals surface area contributed by atoms with Gasteiger partial charge in [-0.1, -0.05) is 28.1 Å². The molecule has 0 bridgehead atoms. The molecule has 2 aromatic carbocycles. The first kappa shape index (κ1) is 13.9. The van der Waals surface area contributed by atoms with Crippen molar-refractivity contribution in [2.75, 3.05) is 13.2 Å². The van der Waals surface area contributed by atoms with Crippen molar-refractivity contribution in [2.45, 2.75) is 25.0 Å². The molecule has 3 nitrogen and oxygen atoms in total. The van der Waals surface area contributed by atoms with E-state index in [1.54, 1.807) is 0 Å². The van der Waals surface area contributed by atoms with Gasteiger partial charge < -0.3 is 15.2 Å². The Balaban J connectivity index is 1.64. The molecule has 106 valence electrons. The molecule has 0 saturated carbocycles. The van der Waals surface area contributed by atoms with Gasteiger partial charge in [0.05, 0.1) is 12.2 Å². The number of fused-ring (bicyclic) bond motifs is 1. The van der Waals surface area contributed by atoms with E-state index >= 15 is 0 Å². The van der Waals surface area contributed by atoms with Crippen LogP contribution in [0.2, 0.25) is 0 Å². The summed E-state index contributed by atoms with van der Waals surface area (Å²) in [5.41, 5.74) is 5.61. The lowest BCUT2D eigenvalue weighted by atomic mass is 10.1. The summed E-state index contributed by atoms with van der Waals surface area (Å²) in [5, 5.41) is 2.38. The fraction of sp³-hybridized carbons (Fsp3) is 0.375. The van der Waals surface area contributed by atoms with Crippen LogP contribution in [0.3, 0.4) is 0 Å². The monoisotopic (exact) mass is 335 g/mol. The van der Waals surface area contributed by atoms with Gasteiger partial charge in [0.1, 0.15) is 12.4 Å². The smallest absolute Gasteiger partial charge is 0.120 e. The van der Waals surface area contributed by atoms with E-state index in [-0.39, 0.29) is 12.2 Å². The van der Waals surface area contributed by atoms with Crippen LogP contribution in [0.15, 0.2) is 40.9 Å². The van der Waals surface area contributed by atoms with Crippen LogP contribution in [-0.2, 0) is 4.74 Å². The molecule has 1 aliphatic rings. The molecule has 4 heteroatoms. The molecule has 0 aliphatic carbocycles. The number of hydrogen-bond donors (Lipinski definition) is 1. The summed E-state index contributed by atoms with van der Waals surface area (Å²) in [6.45, 7) is 1.19. The van der Waals surface area contributed by atoms with Crippen LogP contribution in [0.25, 0.3) is 10.8 Å². The molecular formula is C16H18BrNO2. The zero-order chi connectivity index (χ0) is 13.9. The highest BCUT2D eigenvalue weighted by atomic mass is 79.9. The molecule has 2 N–H and O–H groups in total. The maximum absolute atomic E-state index is 5.84. The molecular weight excluding hydrogens is 318 g/mol. The molecule has 2 unspecified atom stereocenters. The van der Waals surface area contributed by atoms with Crippen LogP contribution in [0, 0.1) is 0 Å². The summed E-state index contributed by atoms with van der Waals surface area (Å²) in [6, 6.07) is 12.4. The Bertz CT molecular complexity index is 602. The number of ether oxygens (including phenoxy) is 2. The van der Waals surface area contributed by atoms with Crippen LogP contribution in [-0.4, -0.2) is 25.4 Å². The van der Waals surface area contributed by atoms with Crippen molar-refractivity contribution < 1.29 is 9.47 Å². The summed E-state index contributed by atoms with van der Waals surface area (Å²) >= 11 is 3.48. The molecule has 20 heavy (non-hydrogen) atoms. The summed E-state index contributed by atoms with van der Waals surface area (Å²) in [6.07, 6.45) is 2.44. The molecule has 0 radical (unpaired) electrons. The molecule has 1 saturated heterocycles. The van der Waals surface area contributed by atoms with E-state index in [0.717, 1.165) is 23.1 Å². The molecule has 3 rings (SSSR count). The Morgan fingerprint density at radius 1 is 1.10 bits per heavy atom. The third-order valence-electron chi connectivity index (χ3n) is 3.67. The third kappa shape index (κ3) is 3.14. The number of hydrogen-bond acceptors (Lipinski definition) is 3. The van der Waals surface area contributed by atoms with E-state index in [9.17, 15) is 0 Å². The Labute approximate surface area is 127 Å². The quantitative estimate of drug-likeness (QED) is 0.930. The summed E-state index contributed by atoms with van der Waals surface area (Å²) in [7, 11) is 0. The largest absolute Gasteiger partial charge is 0.491 e. The van der Waals surface area contributed by atoms with Gasteiger partial charge in [0.25, 0.3) is 0 Å².